The fraction of sp³-hybridized carbons (Fsp3) is 0.650. The van der Waals surface area contributed by atoms with E-state index in [9.17, 15) is 18.9 Å². The maximum absolute atomic E-state index is 13.3. The Morgan fingerprint density at radius 2 is 1.81 bits per heavy atom. The molecule has 0 bridgehead atoms. The predicted molar refractivity (Wildman–Crippen MR) is 138 cm³/mol. The van der Waals surface area contributed by atoms with Crippen LogP contribution in [-0.4, -0.2) is 80.4 Å². The highest BCUT2D eigenvalue weighted by molar-refractivity contribution is 8.13. The molecule has 0 aromatic carbocycles. The molecule has 0 aliphatic carbocycles. The van der Waals surface area contributed by atoms with Gasteiger partial charge in [-0.2, -0.15) is 4.98 Å². The van der Waals surface area contributed by atoms with Crippen LogP contribution in [0, 0.1) is 5.92 Å². The number of nitrogens with one attached hydrogen (secondary N) is 1. The summed E-state index contributed by atoms with van der Waals surface area (Å²) in [6.07, 6.45) is -0.415. The minimum absolute atomic E-state index is 0.0472. The molecule has 0 radical (unpaired) electrons. The van der Waals surface area contributed by atoms with E-state index in [2.05, 4.69) is 15.0 Å². The molecular formula is C20H30N5O9PS2. The van der Waals surface area contributed by atoms with Crippen LogP contribution in [0.15, 0.2) is 11.1 Å². The van der Waals surface area contributed by atoms with E-state index in [1.165, 1.54) is 27.3 Å². The molecule has 206 valence electrons. The Bertz CT molecular complexity index is 1180. The minimum atomic E-state index is -4.04. The number of nitrogen functional groups attached to an aromatic ring is 1. The van der Waals surface area contributed by atoms with Crippen LogP contribution in [0.2, 0.25) is 0 Å². The molecule has 37 heavy (non-hydrogen) atoms. The first-order chi connectivity index (χ1) is 17.5. The lowest BCUT2D eigenvalue weighted by Gasteiger charge is -2.21. The molecule has 0 amide bonds. The van der Waals surface area contributed by atoms with Gasteiger partial charge in [0.1, 0.15) is 6.10 Å². The van der Waals surface area contributed by atoms with Crippen molar-refractivity contribution >= 4 is 58.7 Å². The van der Waals surface area contributed by atoms with Gasteiger partial charge in [0.2, 0.25) is 5.95 Å². The summed E-state index contributed by atoms with van der Waals surface area (Å²) in [5.41, 5.74) is 5.54. The van der Waals surface area contributed by atoms with Crippen molar-refractivity contribution in [2.45, 2.75) is 39.2 Å². The Kier molecular flexibility index (Phi) is 10.7. The van der Waals surface area contributed by atoms with Crippen LogP contribution in [-0.2, 0) is 37.2 Å². The highest BCUT2D eigenvalue weighted by Gasteiger charge is 2.45. The summed E-state index contributed by atoms with van der Waals surface area (Å²) >= 11 is 2.04. The van der Waals surface area contributed by atoms with E-state index < -0.39 is 31.8 Å². The van der Waals surface area contributed by atoms with Crippen molar-refractivity contribution in [2.75, 3.05) is 44.2 Å². The maximum Gasteiger partial charge on any atom is 0.474 e. The predicted octanol–water partition coefficient (Wildman–Crippen LogP) is 1.97. The molecule has 2 aromatic heterocycles. The van der Waals surface area contributed by atoms with Gasteiger partial charge in [-0.15, -0.1) is 0 Å². The third kappa shape index (κ3) is 7.86. The summed E-state index contributed by atoms with van der Waals surface area (Å²) in [7, 11) is -2.52. The average Bonchev–Trinajstić information content (AvgIpc) is 3.38. The molecule has 1 aliphatic heterocycles. The summed E-state index contributed by atoms with van der Waals surface area (Å²) in [5, 5.41) is -0.207. The largest absolute Gasteiger partial charge is 0.474 e. The number of phosphoric acid groups is 1. The number of thioether (sulfide) groups is 2. The summed E-state index contributed by atoms with van der Waals surface area (Å²) in [6, 6.07) is 0. The number of aromatic amines is 1. The number of fused-ring (bicyclic) bond motifs is 1. The Labute approximate surface area is 221 Å². The zero-order valence-corrected chi connectivity index (χ0v) is 23.3. The number of hydrogen-bond donors (Lipinski definition) is 2. The third-order valence-corrected chi connectivity index (χ3v) is 8.39. The summed E-state index contributed by atoms with van der Waals surface area (Å²) < 4.78 is 43.0. The number of phosphoric ester groups is 1. The zero-order valence-electron chi connectivity index (χ0n) is 20.8. The van der Waals surface area contributed by atoms with E-state index in [0.29, 0.717) is 0 Å². The third-order valence-electron chi connectivity index (χ3n) is 5.37. The van der Waals surface area contributed by atoms with Crippen molar-refractivity contribution in [3.63, 3.8) is 0 Å². The molecule has 1 aliphatic rings. The first kappa shape index (κ1) is 29.8. The number of carbonyl (C=O) groups excluding carboxylic acids is 2. The summed E-state index contributed by atoms with van der Waals surface area (Å²) in [6.45, 7) is 4.44. The van der Waals surface area contributed by atoms with Crippen LogP contribution < -0.4 is 11.3 Å². The van der Waals surface area contributed by atoms with Gasteiger partial charge in [-0.05, 0) is 0 Å². The number of methoxy groups -OCH3 is 1. The molecule has 4 atom stereocenters. The molecule has 0 saturated carbocycles. The average molecular weight is 580 g/mol. The van der Waals surface area contributed by atoms with Crippen LogP contribution in [0.3, 0.4) is 0 Å². The molecule has 1 fully saturated rings. The Morgan fingerprint density at radius 1 is 1.19 bits per heavy atom. The number of H-pyrrole nitrogens is 1. The van der Waals surface area contributed by atoms with Crippen molar-refractivity contribution in [3.05, 3.63) is 16.7 Å². The zero-order chi connectivity index (χ0) is 27.2. The van der Waals surface area contributed by atoms with E-state index in [4.69, 9.17) is 28.8 Å². The first-order valence-corrected chi connectivity index (χ1v) is 14.7. The number of anilines is 1. The number of nitrogens with zero attached hydrogens (tertiary/aromatic N) is 3. The van der Waals surface area contributed by atoms with Crippen LogP contribution >= 0.6 is 31.3 Å². The SMILES string of the molecule is CO[C@@H]1[C@H](C)[C@@H](COP(=O)(OCCSC(C)=O)OCCSC(C)=O)O[C@H]1n1cnc2c(=O)[nH]c(N)nc21. The topological polar surface area (TPSA) is 187 Å². The Morgan fingerprint density at radius 3 is 2.38 bits per heavy atom. The Balaban J connectivity index is 1.71. The monoisotopic (exact) mass is 579 g/mol. The van der Waals surface area contributed by atoms with Crippen molar-refractivity contribution in [1.29, 1.82) is 0 Å². The molecule has 14 nitrogen and oxygen atoms in total. The highest BCUT2D eigenvalue weighted by atomic mass is 32.2. The lowest BCUT2D eigenvalue weighted by molar-refractivity contribution is -0.109. The van der Waals surface area contributed by atoms with Gasteiger partial charge < -0.3 is 15.2 Å². The molecular weight excluding hydrogens is 549 g/mol. The minimum Gasteiger partial charge on any atom is -0.376 e. The molecule has 2 aromatic rings. The fourth-order valence-electron chi connectivity index (χ4n) is 3.67. The normalized spacial score (nSPS) is 22.1. The lowest BCUT2D eigenvalue weighted by Crippen LogP contribution is -2.28. The smallest absolute Gasteiger partial charge is 0.376 e. The maximum atomic E-state index is 13.3. The number of rotatable bonds is 13. The number of nitrogens with two attached hydrogens (primary N) is 1. The van der Waals surface area contributed by atoms with E-state index >= 15 is 0 Å². The summed E-state index contributed by atoms with van der Waals surface area (Å²) in [5.74, 6) is 0.213. The molecule has 3 N–H and O–H groups in total. The first-order valence-electron chi connectivity index (χ1n) is 11.3. The van der Waals surface area contributed by atoms with Crippen LogP contribution in [0.25, 0.3) is 11.2 Å². The van der Waals surface area contributed by atoms with E-state index in [0.717, 1.165) is 23.5 Å². The number of imidazole rings is 1. The van der Waals surface area contributed by atoms with Crippen molar-refractivity contribution in [3.8, 4) is 0 Å². The molecule has 0 spiro atoms. The van der Waals surface area contributed by atoms with Gasteiger partial charge in [-0.3, -0.25) is 37.5 Å². The van der Waals surface area contributed by atoms with Crippen LogP contribution in [0.5, 0.6) is 0 Å². The Hall–Kier alpha value is -1.78. The quantitative estimate of drug-likeness (QED) is 0.259. The van der Waals surface area contributed by atoms with Gasteiger partial charge in [0, 0.05) is 38.4 Å². The molecule has 0 unspecified atom stereocenters. The van der Waals surface area contributed by atoms with Crippen LogP contribution in [0.1, 0.15) is 27.0 Å². The van der Waals surface area contributed by atoms with Gasteiger partial charge in [0.25, 0.3) is 5.56 Å². The van der Waals surface area contributed by atoms with Gasteiger partial charge in [-0.1, -0.05) is 30.4 Å². The van der Waals surface area contributed by atoms with Crippen LogP contribution in [0.4, 0.5) is 5.95 Å². The second kappa shape index (κ2) is 13.3. The van der Waals surface area contributed by atoms with Crippen molar-refractivity contribution in [2.24, 2.45) is 5.92 Å². The number of hydrogen-bond acceptors (Lipinski definition) is 14. The highest BCUT2D eigenvalue weighted by Crippen LogP contribution is 2.50. The second-order valence-electron chi connectivity index (χ2n) is 7.99. The van der Waals surface area contributed by atoms with Gasteiger partial charge in [-0.25, -0.2) is 9.55 Å². The van der Waals surface area contributed by atoms with Crippen molar-refractivity contribution < 1.29 is 37.2 Å². The standard InChI is InChI=1S/C20H30N5O9PS2/c1-11-14(9-33-35(29,31-5-7-36-12(2)26)32-6-8-37-13(3)27)34-19(16(11)30-4)25-10-22-15-17(25)23-20(21)24-18(15)28/h10-11,14,16,19H,5-9H2,1-4H3,(H3,21,23,24,28)/t11-,14-,16-,19-/m1/s1. The number of carbonyl (C=O) groups is 2. The van der Waals surface area contributed by atoms with Gasteiger partial charge >= 0.3 is 7.82 Å². The van der Waals surface area contributed by atoms with E-state index in [1.54, 1.807) is 4.57 Å². The summed E-state index contributed by atoms with van der Waals surface area (Å²) in [4.78, 5) is 45.2. The van der Waals surface area contributed by atoms with Gasteiger partial charge in [0.05, 0.1) is 32.3 Å². The molecule has 1 saturated heterocycles. The van der Waals surface area contributed by atoms with Gasteiger partial charge in [0.15, 0.2) is 27.6 Å². The number of aromatic nitrogens is 4. The van der Waals surface area contributed by atoms with Crippen molar-refractivity contribution in [1.82, 2.24) is 19.5 Å². The molecule has 3 rings (SSSR count). The molecule has 17 heteroatoms. The van der Waals surface area contributed by atoms with E-state index in [1.807, 2.05) is 6.92 Å². The number of ether oxygens (including phenoxy) is 2. The lowest BCUT2D eigenvalue weighted by atomic mass is 10.0. The molecule has 3 heterocycles. The second-order valence-corrected chi connectivity index (χ2v) is 12.2. The van der Waals surface area contributed by atoms with E-state index in [-0.39, 0.29) is 64.6 Å². The fourth-order valence-corrected chi connectivity index (χ4v) is 6.01.